The number of nitrogens with zero attached hydrogens (tertiary/aromatic N) is 6. The molecule has 9 heteroatoms. The van der Waals surface area contributed by atoms with Crippen LogP contribution in [0.25, 0.3) is 5.65 Å². The van der Waals surface area contributed by atoms with Gasteiger partial charge < -0.3 is 15.0 Å². The number of carbonyl (C=O) groups is 1. The zero-order valence-electron chi connectivity index (χ0n) is 18.4. The van der Waals surface area contributed by atoms with Crippen molar-refractivity contribution in [2.24, 2.45) is 5.92 Å². The normalized spacial score (nSPS) is 14.4. The van der Waals surface area contributed by atoms with Crippen molar-refractivity contribution in [1.29, 1.82) is 0 Å². The van der Waals surface area contributed by atoms with Crippen LogP contribution < -0.4 is 15.0 Å². The Hall–Kier alpha value is -4.01. The minimum atomic E-state index is -0.0438. The van der Waals surface area contributed by atoms with E-state index in [4.69, 9.17) is 4.74 Å². The van der Waals surface area contributed by atoms with E-state index in [-0.39, 0.29) is 11.8 Å². The zero-order valence-corrected chi connectivity index (χ0v) is 18.4. The van der Waals surface area contributed by atoms with Crippen LogP contribution in [0.15, 0.2) is 60.7 Å². The van der Waals surface area contributed by atoms with Crippen molar-refractivity contribution in [3.05, 3.63) is 71.8 Å². The van der Waals surface area contributed by atoms with Crippen LogP contribution in [0, 0.1) is 5.92 Å². The van der Waals surface area contributed by atoms with Gasteiger partial charge >= 0.3 is 0 Å². The first-order valence-electron chi connectivity index (χ1n) is 11.0. The molecular weight excluding hydrogens is 418 g/mol. The summed E-state index contributed by atoms with van der Waals surface area (Å²) in [4.78, 5) is 15.1. The van der Waals surface area contributed by atoms with Crippen molar-refractivity contribution in [3.8, 4) is 5.75 Å². The van der Waals surface area contributed by atoms with Gasteiger partial charge in [-0.15, -0.1) is 14.8 Å². The highest BCUT2D eigenvalue weighted by atomic mass is 16.5. The number of tetrazole rings is 1. The van der Waals surface area contributed by atoms with E-state index in [0.717, 1.165) is 55.2 Å². The molecule has 1 saturated heterocycles. The molecule has 0 aliphatic carbocycles. The third-order valence-corrected chi connectivity index (χ3v) is 6.03. The fraction of sp³-hybridized carbons (Fsp3) is 0.292. The number of hydrogen-bond acceptors (Lipinski definition) is 7. The van der Waals surface area contributed by atoms with Crippen LogP contribution >= 0.6 is 0 Å². The molecule has 0 saturated carbocycles. The molecule has 4 aromatic rings. The molecule has 1 fully saturated rings. The first kappa shape index (κ1) is 20.9. The smallest absolute Gasteiger partial charge is 0.227 e. The van der Waals surface area contributed by atoms with Gasteiger partial charge in [0, 0.05) is 36.7 Å². The van der Waals surface area contributed by atoms with E-state index in [9.17, 15) is 4.79 Å². The molecule has 1 aliphatic rings. The number of ether oxygens (including phenoxy) is 1. The third kappa shape index (κ3) is 4.62. The quantitative estimate of drug-likeness (QED) is 0.489. The molecule has 3 heterocycles. The lowest BCUT2D eigenvalue weighted by molar-refractivity contribution is -0.120. The van der Waals surface area contributed by atoms with E-state index in [1.165, 1.54) is 10.2 Å². The average Bonchev–Trinajstić information content (AvgIpc) is 3.33. The molecule has 9 nitrogen and oxygen atoms in total. The first-order valence-corrected chi connectivity index (χ1v) is 11.0. The van der Waals surface area contributed by atoms with E-state index in [1.807, 2.05) is 48.5 Å². The summed E-state index contributed by atoms with van der Waals surface area (Å²) in [5.41, 5.74) is 3.64. The molecule has 33 heavy (non-hydrogen) atoms. The Bertz CT molecular complexity index is 1250. The summed E-state index contributed by atoms with van der Waals surface area (Å²) >= 11 is 0. The molecule has 5 rings (SSSR count). The number of amides is 1. The third-order valence-electron chi connectivity index (χ3n) is 6.03. The van der Waals surface area contributed by atoms with Crippen LogP contribution in [-0.2, 0) is 11.2 Å². The fourth-order valence-corrected chi connectivity index (χ4v) is 4.23. The number of piperidine rings is 1. The van der Waals surface area contributed by atoms with E-state index in [1.54, 1.807) is 7.11 Å². The first-order chi connectivity index (χ1) is 16.2. The average molecular weight is 444 g/mol. The summed E-state index contributed by atoms with van der Waals surface area (Å²) in [5.74, 6) is 1.64. The molecule has 0 unspecified atom stereocenters. The number of carbonyl (C=O) groups excluding carboxylic acids is 1. The van der Waals surface area contributed by atoms with Crippen molar-refractivity contribution in [1.82, 2.24) is 25.3 Å². The maximum atomic E-state index is 13.0. The molecule has 1 N–H and O–H groups in total. The summed E-state index contributed by atoms with van der Waals surface area (Å²) in [5, 5.41) is 18.9. The van der Waals surface area contributed by atoms with E-state index < -0.39 is 0 Å². The van der Waals surface area contributed by atoms with Crippen LogP contribution in [0.5, 0.6) is 5.75 Å². The largest absolute Gasteiger partial charge is 0.496 e. The molecule has 1 aliphatic heterocycles. The molecule has 2 aromatic carbocycles. The zero-order chi connectivity index (χ0) is 22.6. The van der Waals surface area contributed by atoms with Gasteiger partial charge in [-0.05, 0) is 59.2 Å². The van der Waals surface area contributed by atoms with Crippen molar-refractivity contribution >= 4 is 23.1 Å². The Labute approximate surface area is 191 Å². The van der Waals surface area contributed by atoms with Gasteiger partial charge in [0.05, 0.1) is 7.11 Å². The standard InChI is InChI=1S/C24H25N7O2/c1-33-21-8-7-20(16-19(21)15-17-5-3-2-4-6-17)25-24(32)18-11-13-30(14-12-18)23-10-9-22-26-28-29-31(22)27-23/h2-10,16,18H,11-15H2,1H3,(H,25,32). The minimum Gasteiger partial charge on any atom is -0.496 e. The number of nitrogens with one attached hydrogen (secondary N) is 1. The number of anilines is 2. The summed E-state index contributed by atoms with van der Waals surface area (Å²) in [7, 11) is 1.67. The highest BCUT2D eigenvalue weighted by Gasteiger charge is 2.26. The van der Waals surface area contributed by atoms with Crippen LogP contribution in [0.4, 0.5) is 11.5 Å². The van der Waals surface area contributed by atoms with E-state index >= 15 is 0 Å². The number of hydrogen-bond donors (Lipinski definition) is 1. The minimum absolute atomic E-state index is 0.0438. The van der Waals surface area contributed by atoms with E-state index in [0.29, 0.717) is 5.65 Å². The maximum absolute atomic E-state index is 13.0. The SMILES string of the molecule is COc1ccc(NC(=O)C2CCN(c3ccc4nnnn4n3)CC2)cc1Cc1ccccc1. The Morgan fingerprint density at radius 2 is 1.91 bits per heavy atom. The Kier molecular flexibility index (Phi) is 5.84. The lowest BCUT2D eigenvalue weighted by atomic mass is 9.95. The molecule has 168 valence electrons. The number of methoxy groups -OCH3 is 1. The van der Waals surface area contributed by atoms with Crippen LogP contribution in [-0.4, -0.2) is 51.4 Å². The van der Waals surface area contributed by atoms with Gasteiger partial charge in [0.2, 0.25) is 5.91 Å². The lowest BCUT2D eigenvalue weighted by Gasteiger charge is -2.31. The lowest BCUT2D eigenvalue weighted by Crippen LogP contribution is -2.38. The van der Waals surface area contributed by atoms with Crippen LogP contribution in [0.3, 0.4) is 0 Å². The summed E-state index contributed by atoms with van der Waals surface area (Å²) in [6, 6.07) is 19.8. The second kappa shape index (κ2) is 9.23. The second-order valence-corrected chi connectivity index (χ2v) is 8.16. The second-order valence-electron chi connectivity index (χ2n) is 8.16. The highest BCUT2D eigenvalue weighted by molar-refractivity contribution is 5.93. The molecule has 2 aromatic heterocycles. The van der Waals surface area contributed by atoms with Crippen molar-refractivity contribution in [2.45, 2.75) is 19.3 Å². The number of fused-ring (bicyclic) bond motifs is 1. The van der Waals surface area contributed by atoms with Crippen LogP contribution in [0.2, 0.25) is 0 Å². The molecule has 1 amide bonds. The summed E-state index contributed by atoms with van der Waals surface area (Å²) in [6.45, 7) is 1.50. The van der Waals surface area contributed by atoms with Crippen molar-refractivity contribution in [2.75, 3.05) is 30.4 Å². The number of aromatic nitrogens is 5. The highest BCUT2D eigenvalue weighted by Crippen LogP contribution is 2.27. The predicted octanol–water partition coefficient (Wildman–Crippen LogP) is 2.97. The van der Waals surface area contributed by atoms with Gasteiger partial charge in [0.1, 0.15) is 5.75 Å². The Morgan fingerprint density at radius 1 is 1.09 bits per heavy atom. The van der Waals surface area contributed by atoms with Crippen molar-refractivity contribution in [3.63, 3.8) is 0 Å². The number of rotatable bonds is 6. The van der Waals surface area contributed by atoms with Gasteiger partial charge in [-0.2, -0.15) is 0 Å². The molecule has 0 spiro atoms. The van der Waals surface area contributed by atoms with E-state index in [2.05, 4.69) is 43.0 Å². The molecule has 0 bridgehead atoms. The topological polar surface area (TPSA) is 97.5 Å². The summed E-state index contributed by atoms with van der Waals surface area (Å²) < 4.78 is 6.95. The number of benzene rings is 2. The summed E-state index contributed by atoms with van der Waals surface area (Å²) in [6.07, 6.45) is 2.26. The van der Waals surface area contributed by atoms with Crippen LogP contribution in [0.1, 0.15) is 24.0 Å². The Balaban J connectivity index is 1.22. The van der Waals surface area contributed by atoms with Crippen molar-refractivity contribution < 1.29 is 9.53 Å². The van der Waals surface area contributed by atoms with Gasteiger partial charge in [0.25, 0.3) is 0 Å². The molecule has 0 radical (unpaired) electrons. The monoisotopic (exact) mass is 443 g/mol. The fourth-order valence-electron chi connectivity index (χ4n) is 4.23. The molecule has 0 atom stereocenters. The van der Waals surface area contributed by atoms with Gasteiger partial charge in [-0.1, -0.05) is 30.3 Å². The molecular formula is C24H25N7O2. The van der Waals surface area contributed by atoms with Gasteiger partial charge in [0.15, 0.2) is 11.5 Å². The van der Waals surface area contributed by atoms with Gasteiger partial charge in [-0.3, -0.25) is 4.79 Å². The maximum Gasteiger partial charge on any atom is 0.227 e. The predicted molar refractivity (Wildman–Crippen MR) is 124 cm³/mol. The van der Waals surface area contributed by atoms with Gasteiger partial charge in [-0.25, -0.2) is 0 Å². The Morgan fingerprint density at radius 3 is 2.70 bits per heavy atom.